The molecule has 2 saturated heterocycles. The normalized spacial score (nSPS) is 26.2. The van der Waals surface area contributed by atoms with Crippen LogP contribution in [-0.4, -0.2) is 42.6 Å². The third-order valence-electron chi connectivity index (χ3n) is 5.61. The molecule has 2 bridgehead atoms. The van der Waals surface area contributed by atoms with Crippen LogP contribution in [0, 0.1) is 17.1 Å². The Hall–Kier alpha value is -2.13. The van der Waals surface area contributed by atoms with Crippen LogP contribution in [0.3, 0.4) is 0 Å². The van der Waals surface area contributed by atoms with Crippen molar-refractivity contribution >= 4 is 5.96 Å². The molecule has 2 unspecified atom stereocenters. The smallest absolute Gasteiger partial charge is 0.191 e. The predicted octanol–water partition coefficient (Wildman–Crippen LogP) is 2.77. The number of guanidine groups is 1. The lowest BCUT2D eigenvalue weighted by molar-refractivity contribution is 0.0526. The average Bonchev–Trinajstić information content (AvgIpc) is 2.62. The minimum absolute atomic E-state index is 0.218. The van der Waals surface area contributed by atoms with Crippen molar-refractivity contribution < 1.29 is 4.39 Å². The molecule has 2 N–H and O–H groups in total. The lowest BCUT2D eigenvalue weighted by Gasteiger charge is -2.47. The highest BCUT2D eigenvalue weighted by Crippen LogP contribution is 2.32. The second-order valence-electron chi connectivity index (χ2n) is 7.33. The molecule has 0 amide bonds. The monoisotopic (exact) mass is 357 g/mol. The van der Waals surface area contributed by atoms with Crippen LogP contribution in [0.15, 0.2) is 23.2 Å². The number of nitrogens with zero attached hydrogens (tertiary/aromatic N) is 3. The van der Waals surface area contributed by atoms with Gasteiger partial charge in [0.15, 0.2) is 5.96 Å². The number of halogens is 1. The topological polar surface area (TPSA) is 63.5 Å². The third kappa shape index (κ3) is 4.34. The summed E-state index contributed by atoms with van der Waals surface area (Å²) in [7, 11) is 2.25. The maximum absolute atomic E-state index is 14.0. The lowest BCUT2D eigenvalue weighted by atomic mass is 9.82. The first-order valence-electron chi connectivity index (χ1n) is 9.56. The third-order valence-corrected chi connectivity index (χ3v) is 5.61. The Bertz CT molecular complexity index is 682. The minimum atomic E-state index is -0.322. The first-order valence-corrected chi connectivity index (χ1v) is 9.56. The van der Waals surface area contributed by atoms with Crippen LogP contribution in [0.25, 0.3) is 0 Å². The van der Waals surface area contributed by atoms with Gasteiger partial charge >= 0.3 is 0 Å². The number of hydrogen-bond acceptors (Lipinski definition) is 3. The van der Waals surface area contributed by atoms with Crippen molar-refractivity contribution in [2.45, 2.75) is 63.7 Å². The molecule has 140 valence electrons. The van der Waals surface area contributed by atoms with Crippen LogP contribution in [0.2, 0.25) is 0 Å². The van der Waals surface area contributed by atoms with Gasteiger partial charge in [0, 0.05) is 30.2 Å². The molecule has 5 nitrogen and oxygen atoms in total. The fraction of sp³-hybridized carbons (Fsp3) is 0.600. The molecular weight excluding hydrogens is 329 g/mol. The molecule has 2 heterocycles. The number of fused-ring (bicyclic) bond motifs is 2. The van der Waals surface area contributed by atoms with E-state index >= 15 is 0 Å². The lowest BCUT2D eigenvalue weighted by Crippen LogP contribution is -2.56. The summed E-state index contributed by atoms with van der Waals surface area (Å²) in [6.07, 6.45) is 6.11. The van der Waals surface area contributed by atoms with Crippen molar-refractivity contribution in [1.29, 1.82) is 5.26 Å². The Morgan fingerprint density at radius 3 is 2.73 bits per heavy atom. The van der Waals surface area contributed by atoms with Crippen molar-refractivity contribution in [2.75, 3.05) is 13.6 Å². The Kier molecular flexibility index (Phi) is 6.10. The van der Waals surface area contributed by atoms with E-state index in [4.69, 9.17) is 5.26 Å². The summed E-state index contributed by atoms with van der Waals surface area (Å²) in [6, 6.07) is 8.13. The van der Waals surface area contributed by atoms with Crippen molar-refractivity contribution in [1.82, 2.24) is 15.5 Å². The van der Waals surface area contributed by atoms with E-state index in [1.54, 1.807) is 6.07 Å². The summed E-state index contributed by atoms with van der Waals surface area (Å²) >= 11 is 0. The van der Waals surface area contributed by atoms with Gasteiger partial charge in [-0.3, -0.25) is 0 Å². The molecule has 26 heavy (non-hydrogen) atoms. The molecule has 2 atom stereocenters. The second kappa shape index (κ2) is 8.50. The largest absolute Gasteiger partial charge is 0.357 e. The Morgan fingerprint density at radius 1 is 1.35 bits per heavy atom. The summed E-state index contributed by atoms with van der Waals surface area (Å²) in [5.74, 6) is 0.402. The molecule has 0 saturated carbocycles. The molecule has 6 heteroatoms. The minimum Gasteiger partial charge on any atom is -0.357 e. The molecule has 1 aromatic carbocycles. The van der Waals surface area contributed by atoms with E-state index in [0.29, 0.717) is 29.3 Å². The van der Waals surface area contributed by atoms with E-state index in [0.717, 1.165) is 25.3 Å². The number of aliphatic imine (C=N–C) groups is 1. The van der Waals surface area contributed by atoms with Crippen LogP contribution in [0.1, 0.15) is 50.2 Å². The number of rotatable bonds is 4. The summed E-state index contributed by atoms with van der Waals surface area (Å²) in [5.41, 5.74) is 0.902. The van der Waals surface area contributed by atoms with Gasteiger partial charge in [-0.05, 0) is 57.9 Å². The maximum atomic E-state index is 14.0. The first kappa shape index (κ1) is 18.7. The van der Waals surface area contributed by atoms with Crippen LogP contribution in [0.4, 0.5) is 4.39 Å². The Balaban J connectivity index is 1.67. The van der Waals surface area contributed by atoms with E-state index in [-0.39, 0.29) is 12.4 Å². The van der Waals surface area contributed by atoms with E-state index in [9.17, 15) is 4.39 Å². The highest BCUT2D eigenvalue weighted by molar-refractivity contribution is 5.80. The zero-order valence-electron chi connectivity index (χ0n) is 15.6. The van der Waals surface area contributed by atoms with Gasteiger partial charge < -0.3 is 15.5 Å². The van der Waals surface area contributed by atoms with Gasteiger partial charge in [0.25, 0.3) is 0 Å². The van der Waals surface area contributed by atoms with Crippen molar-refractivity contribution in [3.05, 3.63) is 35.1 Å². The van der Waals surface area contributed by atoms with Gasteiger partial charge in [0.05, 0.1) is 18.2 Å². The standard InChI is InChI=1S/C20H28FN5/c1-3-23-20(24-13-15-9-14(12-22)7-8-19(15)21)25-16-10-17-5-4-6-18(11-16)26(17)2/h7-9,16-18H,3-6,10-11,13H2,1-2H3,(H2,23,24,25). The van der Waals surface area contributed by atoms with Crippen LogP contribution >= 0.6 is 0 Å². The van der Waals surface area contributed by atoms with Gasteiger partial charge in [-0.15, -0.1) is 0 Å². The molecule has 3 rings (SSSR count). The summed E-state index contributed by atoms with van der Waals surface area (Å²) in [6.45, 7) is 3.00. The molecule has 2 aliphatic heterocycles. The first-order chi connectivity index (χ1) is 12.6. The van der Waals surface area contributed by atoms with Crippen molar-refractivity contribution in [3.63, 3.8) is 0 Å². The molecule has 0 aliphatic carbocycles. The number of piperidine rings is 2. The van der Waals surface area contributed by atoms with E-state index < -0.39 is 0 Å². The Morgan fingerprint density at radius 2 is 2.08 bits per heavy atom. The van der Waals surface area contributed by atoms with E-state index in [2.05, 4.69) is 27.6 Å². The van der Waals surface area contributed by atoms with E-state index in [1.807, 2.05) is 13.0 Å². The van der Waals surface area contributed by atoms with Gasteiger partial charge in [0.2, 0.25) is 0 Å². The number of nitriles is 1. The molecule has 2 fully saturated rings. The van der Waals surface area contributed by atoms with Crippen LogP contribution in [0.5, 0.6) is 0 Å². The van der Waals surface area contributed by atoms with Crippen molar-refractivity contribution in [3.8, 4) is 6.07 Å². The van der Waals surface area contributed by atoms with Gasteiger partial charge in [-0.1, -0.05) is 6.42 Å². The van der Waals surface area contributed by atoms with Crippen LogP contribution < -0.4 is 10.6 Å². The van der Waals surface area contributed by atoms with E-state index in [1.165, 1.54) is 31.4 Å². The number of nitrogens with one attached hydrogen (secondary N) is 2. The second-order valence-corrected chi connectivity index (χ2v) is 7.33. The zero-order chi connectivity index (χ0) is 18.5. The Labute approximate surface area is 155 Å². The van der Waals surface area contributed by atoms with Gasteiger partial charge in [-0.2, -0.15) is 5.26 Å². The molecule has 0 radical (unpaired) electrons. The quantitative estimate of drug-likeness (QED) is 0.642. The maximum Gasteiger partial charge on any atom is 0.191 e. The molecule has 1 aromatic rings. The molecule has 0 spiro atoms. The van der Waals surface area contributed by atoms with Gasteiger partial charge in [-0.25, -0.2) is 9.38 Å². The fourth-order valence-electron chi connectivity index (χ4n) is 4.18. The van der Waals surface area contributed by atoms with Gasteiger partial charge in [0.1, 0.15) is 5.82 Å². The average molecular weight is 357 g/mol. The molecule has 2 aliphatic rings. The molecular formula is C20H28FN5. The highest BCUT2D eigenvalue weighted by atomic mass is 19.1. The zero-order valence-corrected chi connectivity index (χ0v) is 15.6. The SMILES string of the molecule is CCNC(=NCc1cc(C#N)ccc1F)NC1CC2CCCC(C1)N2C. The molecule has 0 aromatic heterocycles. The van der Waals surface area contributed by atoms with Crippen molar-refractivity contribution in [2.24, 2.45) is 4.99 Å². The summed E-state index contributed by atoms with van der Waals surface area (Å²) in [4.78, 5) is 7.09. The van der Waals surface area contributed by atoms with Crippen LogP contribution in [-0.2, 0) is 6.54 Å². The highest BCUT2D eigenvalue weighted by Gasteiger charge is 2.36. The number of benzene rings is 1. The summed E-state index contributed by atoms with van der Waals surface area (Å²) < 4.78 is 14.0. The number of hydrogen-bond donors (Lipinski definition) is 2. The predicted molar refractivity (Wildman–Crippen MR) is 101 cm³/mol. The summed E-state index contributed by atoms with van der Waals surface area (Å²) in [5, 5.41) is 15.8. The fourth-order valence-corrected chi connectivity index (χ4v) is 4.18.